The molecule has 0 bridgehead atoms. The topological polar surface area (TPSA) is 61.9 Å². The molecule has 2 saturated heterocycles. The molecule has 2 heterocycles. The number of ether oxygens (including phenoxy) is 1. The Kier molecular flexibility index (Phi) is 7.87. The molecular weight excluding hydrogens is 414 g/mol. The molecule has 2 aliphatic heterocycles. The first-order valence-electron chi connectivity index (χ1n) is 12.3. The van der Waals surface area contributed by atoms with Crippen molar-refractivity contribution < 1.29 is 14.3 Å². The highest BCUT2D eigenvalue weighted by Gasteiger charge is 2.26. The molecule has 2 aromatic rings. The summed E-state index contributed by atoms with van der Waals surface area (Å²) < 4.78 is 5.47. The summed E-state index contributed by atoms with van der Waals surface area (Å²) in [7, 11) is 0. The van der Waals surface area contributed by atoms with Crippen LogP contribution < -0.4 is 10.1 Å². The Hall–Kier alpha value is -3.02. The van der Waals surface area contributed by atoms with Crippen molar-refractivity contribution in [2.75, 3.05) is 38.1 Å². The van der Waals surface area contributed by atoms with Crippen molar-refractivity contribution in [1.82, 2.24) is 9.80 Å². The van der Waals surface area contributed by atoms with Crippen LogP contribution in [0.4, 0.5) is 10.5 Å². The number of carbonyl (C=O) groups excluding carboxylic acids is 2. The quantitative estimate of drug-likeness (QED) is 0.654. The third-order valence-corrected chi connectivity index (χ3v) is 6.62. The van der Waals surface area contributed by atoms with Gasteiger partial charge in [0.05, 0.1) is 6.61 Å². The van der Waals surface area contributed by atoms with Crippen LogP contribution in [0.25, 0.3) is 0 Å². The SMILES string of the molecule is CCOc1ccc(NC(=O)N2CCC[C@@H](c3cccc(C(=O)N4CCCCCC4)c3)C2)cc1. The number of nitrogens with zero attached hydrogens (tertiary/aromatic N) is 2. The number of urea groups is 1. The molecule has 6 heteroatoms. The van der Waals surface area contributed by atoms with Gasteiger partial charge in [-0.25, -0.2) is 4.79 Å². The molecule has 0 spiro atoms. The maximum absolute atomic E-state index is 13.1. The first kappa shape index (κ1) is 23.1. The second-order valence-electron chi connectivity index (χ2n) is 9.00. The maximum atomic E-state index is 13.1. The number of carbonyl (C=O) groups is 2. The molecule has 1 atom stereocenters. The van der Waals surface area contributed by atoms with Gasteiger partial charge in [-0.05, 0) is 74.6 Å². The minimum absolute atomic E-state index is 0.0827. The number of hydrogen-bond acceptors (Lipinski definition) is 3. The normalized spacial score (nSPS) is 19.0. The van der Waals surface area contributed by atoms with E-state index in [4.69, 9.17) is 4.74 Å². The summed E-state index contributed by atoms with van der Waals surface area (Å²) in [5, 5.41) is 3.00. The number of anilines is 1. The highest BCUT2D eigenvalue weighted by molar-refractivity contribution is 5.94. The van der Waals surface area contributed by atoms with Gasteiger partial charge < -0.3 is 19.9 Å². The number of hydrogen-bond donors (Lipinski definition) is 1. The molecule has 6 nitrogen and oxygen atoms in total. The summed E-state index contributed by atoms with van der Waals surface area (Å²) in [6.45, 7) is 5.67. The third-order valence-electron chi connectivity index (χ3n) is 6.62. The van der Waals surface area contributed by atoms with E-state index in [1.165, 1.54) is 12.8 Å². The second kappa shape index (κ2) is 11.2. The average molecular weight is 450 g/mol. The van der Waals surface area contributed by atoms with Gasteiger partial charge in [-0.3, -0.25) is 4.79 Å². The van der Waals surface area contributed by atoms with E-state index in [-0.39, 0.29) is 17.9 Å². The van der Waals surface area contributed by atoms with E-state index >= 15 is 0 Å². The summed E-state index contributed by atoms with van der Waals surface area (Å²) >= 11 is 0. The predicted molar refractivity (Wildman–Crippen MR) is 131 cm³/mol. The Balaban J connectivity index is 1.39. The van der Waals surface area contributed by atoms with Crippen LogP contribution in [-0.2, 0) is 0 Å². The third kappa shape index (κ3) is 6.06. The van der Waals surface area contributed by atoms with Crippen LogP contribution in [0.5, 0.6) is 5.75 Å². The summed E-state index contributed by atoms with van der Waals surface area (Å²) in [6, 6.07) is 15.4. The van der Waals surface area contributed by atoms with E-state index in [9.17, 15) is 9.59 Å². The van der Waals surface area contributed by atoms with Gasteiger partial charge in [-0.1, -0.05) is 25.0 Å². The molecule has 176 valence electrons. The molecule has 2 aliphatic rings. The molecule has 0 saturated carbocycles. The molecule has 2 fully saturated rings. The number of rotatable bonds is 5. The monoisotopic (exact) mass is 449 g/mol. The zero-order valence-electron chi connectivity index (χ0n) is 19.6. The standard InChI is InChI=1S/C27H35N3O3/c1-2-33-25-14-12-24(13-15-25)28-27(32)30-18-8-11-23(20-30)21-9-7-10-22(19-21)26(31)29-16-5-3-4-6-17-29/h7,9-10,12-15,19,23H,2-6,8,11,16-18,20H2,1H3,(H,28,32)/t23-/m1/s1. The van der Waals surface area contributed by atoms with Crippen LogP contribution in [0.1, 0.15) is 67.3 Å². The fraction of sp³-hybridized carbons (Fsp3) is 0.481. The van der Waals surface area contributed by atoms with Crippen molar-refractivity contribution in [3.63, 3.8) is 0 Å². The smallest absolute Gasteiger partial charge is 0.321 e. The van der Waals surface area contributed by atoms with Crippen molar-refractivity contribution >= 4 is 17.6 Å². The molecule has 0 unspecified atom stereocenters. The minimum atomic E-state index is -0.0827. The van der Waals surface area contributed by atoms with Gasteiger partial charge >= 0.3 is 6.03 Å². The number of piperidine rings is 1. The molecule has 1 N–H and O–H groups in total. The van der Waals surface area contributed by atoms with E-state index < -0.39 is 0 Å². The van der Waals surface area contributed by atoms with Crippen LogP contribution in [0, 0.1) is 0 Å². The second-order valence-corrected chi connectivity index (χ2v) is 9.00. The zero-order chi connectivity index (χ0) is 23.0. The lowest BCUT2D eigenvalue weighted by molar-refractivity contribution is 0.0761. The lowest BCUT2D eigenvalue weighted by atomic mass is 9.89. The lowest BCUT2D eigenvalue weighted by Gasteiger charge is -2.33. The van der Waals surface area contributed by atoms with Gasteiger partial charge in [0.1, 0.15) is 5.75 Å². The van der Waals surface area contributed by atoms with Crippen molar-refractivity contribution in [3.8, 4) is 5.75 Å². The molecule has 0 radical (unpaired) electrons. The predicted octanol–water partition coefficient (Wildman–Crippen LogP) is 5.51. The maximum Gasteiger partial charge on any atom is 0.321 e. The Bertz CT molecular complexity index is 936. The van der Waals surface area contributed by atoms with Crippen molar-refractivity contribution in [3.05, 3.63) is 59.7 Å². The Morgan fingerprint density at radius 1 is 0.939 bits per heavy atom. The molecule has 0 aromatic heterocycles. The van der Waals surface area contributed by atoms with Crippen LogP contribution in [0.15, 0.2) is 48.5 Å². The average Bonchev–Trinajstić information content (AvgIpc) is 3.15. The van der Waals surface area contributed by atoms with Crippen molar-refractivity contribution in [2.24, 2.45) is 0 Å². The fourth-order valence-corrected chi connectivity index (χ4v) is 4.82. The van der Waals surface area contributed by atoms with Gasteiger partial charge in [-0.15, -0.1) is 0 Å². The van der Waals surface area contributed by atoms with Crippen LogP contribution in [0.3, 0.4) is 0 Å². The van der Waals surface area contributed by atoms with Gasteiger partial charge in [0, 0.05) is 43.3 Å². The molecular formula is C27H35N3O3. The van der Waals surface area contributed by atoms with Gasteiger partial charge in [0.15, 0.2) is 0 Å². The van der Waals surface area contributed by atoms with Gasteiger partial charge in [0.2, 0.25) is 0 Å². The van der Waals surface area contributed by atoms with Crippen LogP contribution >= 0.6 is 0 Å². The lowest BCUT2D eigenvalue weighted by Crippen LogP contribution is -2.41. The summed E-state index contributed by atoms with van der Waals surface area (Å²) in [5.41, 5.74) is 2.68. The Morgan fingerprint density at radius 3 is 2.39 bits per heavy atom. The van der Waals surface area contributed by atoms with Crippen LogP contribution in [-0.4, -0.2) is 54.5 Å². The van der Waals surface area contributed by atoms with E-state index in [0.29, 0.717) is 13.2 Å². The summed E-state index contributed by atoms with van der Waals surface area (Å²) in [4.78, 5) is 29.8. The minimum Gasteiger partial charge on any atom is -0.494 e. The highest BCUT2D eigenvalue weighted by Crippen LogP contribution is 2.28. The number of likely N-dealkylation sites (tertiary alicyclic amines) is 2. The molecule has 3 amide bonds. The van der Waals surface area contributed by atoms with Crippen molar-refractivity contribution in [1.29, 1.82) is 0 Å². The van der Waals surface area contributed by atoms with E-state index in [1.807, 2.05) is 59.2 Å². The molecule has 2 aromatic carbocycles. The molecule has 0 aliphatic carbocycles. The first-order chi connectivity index (χ1) is 16.1. The number of amides is 3. The van der Waals surface area contributed by atoms with Crippen LogP contribution in [0.2, 0.25) is 0 Å². The largest absolute Gasteiger partial charge is 0.494 e. The van der Waals surface area contributed by atoms with Gasteiger partial charge in [0.25, 0.3) is 5.91 Å². The van der Waals surface area contributed by atoms with E-state index in [2.05, 4.69) is 11.4 Å². The highest BCUT2D eigenvalue weighted by atomic mass is 16.5. The Labute approximate surface area is 196 Å². The zero-order valence-corrected chi connectivity index (χ0v) is 19.6. The number of benzene rings is 2. The fourth-order valence-electron chi connectivity index (χ4n) is 4.82. The summed E-state index contributed by atoms with van der Waals surface area (Å²) in [5.74, 6) is 1.17. The molecule has 33 heavy (non-hydrogen) atoms. The summed E-state index contributed by atoms with van der Waals surface area (Å²) in [6.07, 6.45) is 6.57. The first-order valence-corrected chi connectivity index (χ1v) is 12.3. The van der Waals surface area contributed by atoms with E-state index in [0.717, 1.165) is 67.9 Å². The van der Waals surface area contributed by atoms with E-state index in [1.54, 1.807) is 0 Å². The van der Waals surface area contributed by atoms with Crippen molar-refractivity contribution in [2.45, 2.75) is 51.4 Å². The van der Waals surface area contributed by atoms with Gasteiger partial charge in [-0.2, -0.15) is 0 Å². The molecule has 4 rings (SSSR count). The number of nitrogens with one attached hydrogen (secondary N) is 1. The Morgan fingerprint density at radius 2 is 1.67 bits per heavy atom.